The van der Waals surface area contributed by atoms with Gasteiger partial charge in [-0.2, -0.15) is 0 Å². The number of sulfonamides is 1. The van der Waals surface area contributed by atoms with E-state index in [0.717, 1.165) is 24.0 Å². The summed E-state index contributed by atoms with van der Waals surface area (Å²) < 4.78 is 27.7. The van der Waals surface area contributed by atoms with Crippen molar-refractivity contribution in [1.82, 2.24) is 5.32 Å². The van der Waals surface area contributed by atoms with Crippen molar-refractivity contribution in [1.29, 1.82) is 0 Å². The Bertz CT molecular complexity index is 880. The van der Waals surface area contributed by atoms with Crippen LogP contribution in [-0.2, 0) is 14.8 Å². The molecule has 1 atom stereocenters. The highest BCUT2D eigenvalue weighted by Gasteiger charge is 2.28. The third kappa shape index (κ3) is 5.32. The summed E-state index contributed by atoms with van der Waals surface area (Å²) >= 11 is 0. The molecule has 0 saturated heterocycles. The minimum atomic E-state index is -3.86. The average molecular weight is 389 g/mol. The lowest BCUT2D eigenvalue weighted by Crippen LogP contribution is -2.43. The van der Waals surface area contributed by atoms with Gasteiger partial charge < -0.3 is 5.32 Å². The van der Waals surface area contributed by atoms with Gasteiger partial charge in [-0.1, -0.05) is 49.2 Å². The molecule has 0 saturated carbocycles. The lowest BCUT2D eigenvalue weighted by molar-refractivity contribution is -0.120. The summed E-state index contributed by atoms with van der Waals surface area (Å²) in [6.45, 7) is 7.52. The standard InChI is InChI=1S/C21H28N2O3S/c1-5-9-18(4)22-21(24)15-23(20-13-12-16(2)14-17(20)3)27(25,26)19-10-7-6-8-11-19/h6-8,10-14,18H,5,9,15H2,1-4H3,(H,22,24)/t18-/m1/s1. The van der Waals surface area contributed by atoms with E-state index in [4.69, 9.17) is 0 Å². The molecule has 2 aromatic carbocycles. The zero-order chi connectivity index (χ0) is 20.0. The highest BCUT2D eigenvalue weighted by molar-refractivity contribution is 7.92. The molecule has 0 unspecified atom stereocenters. The van der Waals surface area contributed by atoms with Gasteiger partial charge in [0.2, 0.25) is 5.91 Å². The van der Waals surface area contributed by atoms with Gasteiger partial charge in [0, 0.05) is 6.04 Å². The molecule has 6 heteroatoms. The molecule has 0 aliphatic heterocycles. The Hall–Kier alpha value is -2.34. The summed E-state index contributed by atoms with van der Waals surface area (Å²) in [7, 11) is -3.86. The van der Waals surface area contributed by atoms with E-state index in [1.165, 1.54) is 4.31 Å². The van der Waals surface area contributed by atoms with E-state index in [2.05, 4.69) is 5.32 Å². The maximum absolute atomic E-state index is 13.3. The van der Waals surface area contributed by atoms with E-state index in [0.29, 0.717) is 5.69 Å². The van der Waals surface area contributed by atoms with Gasteiger partial charge in [0.1, 0.15) is 6.54 Å². The fourth-order valence-electron chi connectivity index (χ4n) is 3.06. The summed E-state index contributed by atoms with van der Waals surface area (Å²) in [6, 6.07) is 13.7. The predicted octanol–water partition coefficient (Wildman–Crippen LogP) is 3.80. The minimum absolute atomic E-state index is 0.00268. The van der Waals surface area contributed by atoms with Gasteiger partial charge in [-0.05, 0) is 51.0 Å². The number of hydrogen-bond acceptors (Lipinski definition) is 3. The second-order valence-electron chi connectivity index (χ2n) is 6.87. The molecule has 0 radical (unpaired) electrons. The fraction of sp³-hybridized carbons (Fsp3) is 0.381. The topological polar surface area (TPSA) is 66.5 Å². The van der Waals surface area contributed by atoms with Crippen LogP contribution in [0.4, 0.5) is 5.69 Å². The summed E-state index contributed by atoms with van der Waals surface area (Å²) in [5, 5.41) is 2.89. The molecule has 0 fully saturated rings. The number of carbonyl (C=O) groups excluding carboxylic acids is 1. The quantitative estimate of drug-likeness (QED) is 0.748. The van der Waals surface area contributed by atoms with Gasteiger partial charge in [-0.15, -0.1) is 0 Å². The van der Waals surface area contributed by atoms with Crippen LogP contribution in [0.25, 0.3) is 0 Å². The van der Waals surface area contributed by atoms with Gasteiger partial charge in [-0.25, -0.2) is 8.42 Å². The number of hydrogen-bond donors (Lipinski definition) is 1. The molecule has 0 aromatic heterocycles. The molecule has 27 heavy (non-hydrogen) atoms. The van der Waals surface area contributed by atoms with Crippen molar-refractivity contribution in [3.63, 3.8) is 0 Å². The van der Waals surface area contributed by atoms with E-state index < -0.39 is 10.0 Å². The first-order valence-corrected chi connectivity index (χ1v) is 10.6. The number of anilines is 1. The first kappa shape index (κ1) is 21.0. The van der Waals surface area contributed by atoms with E-state index in [1.807, 2.05) is 39.8 Å². The van der Waals surface area contributed by atoms with E-state index in [1.54, 1.807) is 36.4 Å². The Morgan fingerprint density at radius 1 is 1.11 bits per heavy atom. The number of nitrogens with zero attached hydrogens (tertiary/aromatic N) is 1. The summed E-state index contributed by atoms with van der Waals surface area (Å²) in [5.41, 5.74) is 2.36. The monoisotopic (exact) mass is 388 g/mol. The number of rotatable bonds is 8. The number of amides is 1. The number of carbonyl (C=O) groups is 1. The fourth-order valence-corrected chi connectivity index (χ4v) is 4.57. The lowest BCUT2D eigenvalue weighted by atomic mass is 10.1. The first-order valence-electron chi connectivity index (χ1n) is 9.20. The molecule has 0 bridgehead atoms. The Balaban J connectivity index is 2.42. The normalized spacial score (nSPS) is 12.4. The zero-order valence-corrected chi connectivity index (χ0v) is 17.2. The van der Waals surface area contributed by atoms with E-state index >= 15 is 0 Å². The largest absolute Gasteiger partial charge is 0.352 e. The summed E-state index contributed by atoms with van der Waals surface area (Å²) in [5.74, 6) is -0.310. The van der Waals surface area contributed by atoms with Crippen molar-refractivity contribution < 1.29 is 13.2 Å². The predicted molar refractivity (Wildman–Crippen MR) is 109 cm³/mol. The van der Waals surface area contributed by atoms with Crippen molar-refractivity contribution in [2.75, 3.05) is 10.8 Å². The van der Waals surface area contributed by atoms with Crippen LogP contribution in [-0.4, -0.2) is 26.9 Å². The Morgan fingerprint density at radius 2 is 1.78 bits per heavy atom. The smallest absolute Gasteiger partial charge is 0.264 e. The SMILES string of the molecule is CCC[C@@H](C)NC(=O)CN(c1ccc(C)cc1C)S(=O)(=O)c1ccccc1. The number of aryl methyl sites for hydroxylation is 2. The average Bonchev–Trinajstić information content (AvgIpc) is 2.61. The van der Waals surface area contributed by atoms with Gasteiger partial charge in [0.15, 0.2) is 0 Å². The van der Waals surface area contributed by atoms with Crippen LogP contribution in [0, 0.1) is 13.8 Å². The highest BCUT2D eigenvalue weighted by atomic mass is 32.2. The molecule has 2 aromatic rings. The first-order chi connectivity index (χ1) is 12.8. The van der Waals surface area contributed by atoms with Crippen LogP contribution in [0.5, 0.6) is 0 Å². The highest BCUT2D eigenvalue weighted by Crippen LogP contribution is 2.27. The zero-order valence-electron chi connectivity index (χ0n) is 16.4. The molecule has 1 amide bonds. The Kier molecular flexibility index (Phi) is 7.02. The third-order valence-corrected chi connectivity index (χ3v) is 6.14. The van der Waals surface area contributed by atoms with Crippen LogP contribution >= 0.6 is 0 Å². The van der Waals surface area contributed by atoms with Gasteiger partial charge in [0.05, 0.1) is 10.6 Å². The minimum Gasteiger partial charge on any atom is -0.352 e. The number of benzene rings is 2. The molecule has 2 rings (SSSR count). The van der Waals surface area contributed by atoms with Gasteiger partial charge >= 0.3 is 0 Å². The lowest BCUT2D eigenvalue weighted by Gasteiger charge is -2.26. The van der Waals surface area contributed by atoms with Crippen LogP contribution < -0.4 is 9.62 Å². The van der Waals surface area contributed by atoms with Crippen molar-refractivity contribution >= 4 is 21.6 Å². The van der Waals surface area contributed by atoms with Crippen LogP contribution in [0.2, 0.25) is 0 Å². The molecule has 0 spiro atoms. The van der Waals surface area contributed by atoms with E-state index in [9.17, 15) is 13.2 Å². The molecule has 5 nitrogen and oxygen atoms in total. The second-order valence-corrected chi connectivity index (χ2v) is 8.73. The van der Waals surface area contributed by atoms with Crippen molar-refractivity contribution in [2.45, 2.75) is 51.5 Å². The molecular formula is C21H28N2O3S. The van der Waals surface area contributed by atoms with Crippen molar-refractivity contribution in [2.24, 2.45) is 0 Å². The molecule has 146 valence electrons. The van der Waals surface area contributed by atoms with Crippen LogP contribution in [0.15, 0.2) is 53.4 Å². The van der Waals surface area contributed by atoms with E-state index in [-0.39, 0.29) is 23.4 Å². The molecular weight excluding hydrogens is 360 g/mol. The van der Waals surface area contributed by atoms with Gasteiger partial charge in [0.25, 0.3) is 10.0 Å². The van der Waals surface area contributed by atoms with Gasteiger partial charge in [-0.3, -0.25) is 9.10 Å². The maximum atomic E-state index is 13.3. The molecule has 0 aliphatic rings. The molecule has 0 heterocycles. The second kappa shape index (κ2) is 9.04. The third-order valence-electron chi connectivity index (χ3n) is 4.37. The molecule has 0 aliphatic carbocycles. The maximum Gasteiger partial charge on any atom is 0.264 e. The number of nitrogens with one attached hydrogen (secondary N) is 1. The molecule has 1 N–H and O–H groups in total. The Labute approximate surface area is 162 Å². The van der Waals surface area contributed by atoms with Crippen LogP contribution in [0.3, 0.4) is 0 Å². The van der Waals surface area contributed by atoms with Crippen molar-refractivity contribution in [3.05, 3.63) is 59.7 Å². The summed E-state index contributed by atoms with van der Waals surface area (Å²) in [4.78, 5) is 12.7. The summed E-state index contributed by atoms with van der Waals surface area (Å²) in [6.07, 6.45) is 1.80. The van der Waals surface area contributed by atoms with Crippen molar-refractivity contribution in [3.8, 4) is 0 Å². The Morgan fingerprint density at radius 3 is 2.37 bits per heavy atom. The van der Waals surface area contributed by atoms with Crippen LogP contribution in [0.1, 0.15) is 37.8 Å².